The summed E-state index contributed by atoms with van der Waals surface area (Å²) >= 11 is 5.85. The average molecular weight is 662 g/mol. The summed E-state index contributed by atoms with van der Waals surface area (Å²) in [5, 5.41) is 9.73. The summed E-state index contributed by atoms with van der Waals surface area (Å²) in [6.45, 7) is 8.28. The van der Waals surface area contributed by atoms with Crippen LogP contribution in [0.1, 0.15) is 41.8 Å². The summed E-state index contributed by atoms with van der Waals surface area (Å²) in [4.78, 5) is 27.6. The lowest BCUT2D eigenvalue weighted by molar-refractivity contribution is -0.135. The van der Waals surface area contributed by atoms with E-state index in [1.165, 1.54) is 18.7 Å². The number of hydrogen-bond donors (Lipinski definition) is 1. The summed E-state index contributed by atoms with van der Waals surface area (Å²) in [6, 6.07) is 16.3. The fraction of sp³-hybridized carbons (Fsp3) is 0.394. The number of halogens is 2. The second kappa shape index (κ2) is 14.9. The Morgan fingerprint density at radius 3 is 2.33 bits per heavy atom. The molecular weight excluding hydrogens is 623 g/mol. The van der Waals surface area contributed by atoms with Gasteiger partial charge < -0.3 is 33.7 Å². The number of piperazine rings is 1. The number of fused-ring (bicyclic) bond motifs is 2. The van der Waals surface area contributed by atoms with Crippen molar-refractivity contribution in [3.63, 3.8) is 0 Å². The SMILES string of the molecule is COc1c(C(=O)O)ccc2c1CCC(C)(C)O2.Cl.O=C(COc1ccc(Cl)cc1)N1CCN(Cc2ccc3c(c2)OCO3)CC1. The van der Waals surface area contributed by atoms with Crippen molar-refractivity contribution in [2.45, 2.75) is 38.8 Å². The molecule has 0 bridgehead atoms. The highest BCUT2D eigenvalue weighted by molar-refractivity contribution is 6.30. The van der Waals surface area contributed by atoms with Crippen LogP contribution in [-0.2, 0) is 17.8 Å². The number of aromatic carboxylic acids is 1. The minimum Gasteiger partial charge on any atom is -0.495 e. The third-order valence-electron chi connectivity index (χ3n) is 7.76. The van der Waals surface area contributed by atoms with E-state index in [0.29, 0.717) is 29.6 Å². The quantitative estimate of drug-likeness (QED) is 0.341. The van der Waals surface area contributed by atoms with Gasteiger partial charge in [0.15, 0.2) is 18.1 Å². The first-order valence-electron chi connectivity index (χ1n) is 14.5. The van der Waals surface area contributed by atoms with E-state index in [2.05, 4.69) is 11.0 Å². The van der Waals surface area contributed by atoms with Gasteiger partial charge in [0.1, 0.15) is 28.4 Å². The maximum Gasteiger partial charge on any atom is 0.339 e. The van der Waals surface area contributed by atoms with E-state index in [1.54, 1.807) is 30.3 Å². The molecule has 242 valence electrons. The zero-order chi connectivity index (χ0) is 31.3. The number of methoxy groups -OCH3 is 1. The lowest BCUT2D eigenvalue weighted by Crippen LogP contribution is -2.49. The van der Waals surface area contributed by atoms with Gasteiger partial charge >= 0.3 is 5.97 Å². The molecule has 0 radical (unpaired) electrons. The maximum absolute atomic E-state index is 12.4. The van der Waals surface area contributed by atoms with Gasteiger partial charge in [-0.15, -0.1) is 12.4 Å². The third kappa shape index (κ3) is 8.65. The molecule has 10 nitrogen and oxygen atoms in total. The number of carboxylic acid groups (broad SMARTS) is 1. The van der Waals surface area contributed by atoms with Crippen molar-refractivity contribution in [1.82, 2.24) is 9.80 Å². The van der Waals surface area contributed by atoms with Crippen LogP contribution in [0.3, 0.4) is 0 Å². The molecule has 0 unspecified atom stereocenters. The van der Waals surface area contributed by atoms with Gasteiger partial charge in [-0.25, -0.2) is 4.79 Å². The lowest BCUT2D eigenvalue weighted by atomic mass is 9.92. The summed E-state index contributed by atoms with van der Waals surface area (Å²) in [5.41, 5.74) is 2.02. The minimum absolute atomic E-state index is 0. The Hall–Kier alpha value is -3.86. The first-order valence-corrected chi connectivity index (χ1v) is 14.9. The molecule has 3 aromatic rings. The summed E-state index contributed by atoms with van der Waals surface area (Å²) in [5.74, 6) is 2.43. The number of benzene rings is 3. The standard InChI is InChI=1S/C20H21ClN2O4.C13H16O4.ClH/c21-16-2-4-17(5-3-16)25-13-20(24)23-9-7-22(8-10-23)12-15-1-6-18-19(11-15)27-14-26-18;1-13(2)7-6-8-10(17-13)5-4-9(12(14)15)11(8)16-3;/h1-6,11H,7-10,12-14H2;4-5H,6-7H2,1-3H3,(H,14,15);1H. The summed E-state index contributed by atoms with van der Waals surface area (Å²) < 4.78 is 27.4. The number of ether oxygens (including phenoxy) is 5. The van der Waals surface area contributed by atoms with Gasteiger partial charge in [-0.2, -0.15) is 0 Å². The van der Waals surface area contributed by atoms with Crippen LogP contribution in [0.5, 0.6) is 28.7 Å². The fourth-order valence-corrected chi connectivity index (χ4v) is 5.46. The van der Waals surface area contributed by atoms with Crippen molar-refractivity contribution in [2.24, 2.45) is 0 Å². The highest BCUT2D eigenvalue weighted by Gasteiger charge is 2.30. The van der Waals surface area contributed by atoms with Crippen molar-refractivity contribution in [1.29, 1.82) is 0 Å². The Bertz CT molecular complexity index is 1490. The molecule has 0 saturated carbocycles. The molecule has 3 heterocycles. The van der Waals surface area contributed by atoms with E-state index >= 15 is 0 Å². The zero-order valence-corrected chi connectivity index (χ0v) is 27.1. The molecule has 1 saturated heterocycles. The first kappa shape index (κ1) is 34.0. The summed E-state index contributed by atoms with van der Waals surface area (Å²) in [7, 11) is 1.49. The maximum atomic E-state index is 12.4. The van der Waals surface area contributed by atoms with Crippen molar-refractivity contribution in [3.8, 4) is 28.7 Å². The van der Waals surface area contributed by atoms with Gasteiger partial charge in [0.05, 0.1) is 7.11 Å². The molecule has 0 aromatic heterocycles. The van der Waals surface area contributed by atoms with Crippen LogP contribution < -0.4 is 23.7 Å². The molecule has 0 atom stereocenters. The third-order valence-corrected chi connectivity index (χ3v) is 8.01. The minimum atomic E-state index is -0.977. The second-order valence-electron chi connectivity index (χ2n) is 11.4. The molecule has 1 N–H and O–H groups in total. The number of rotatable bonds is 7. The van der Waals surface area contributed by atoms with Crippen LogP contribution in [0.4, 0.5) is 0 Å². The van der Waals surface area contributed by atoms with Gasteiger partial charge in [0.25, 0.3) is 5.91 Å². The van der Waals surface area contributed by atoms with E-state index in [0.717, 1.165) is 55.3 Å². The number of carboxylic acids is 1. The predicted octanol–water partition coefficient (Wildman–Crippen LogP) is 5.71. The average Bonchev–Trinajstić information content (AvgIpc) is 3.48. The van der Waals surface area contributed by atoms with Crippen molar-refractivity contribution in [3.05, 3.63) is 76.3 Å². The molecule has 1 fully saturated rings. The lowest BCUT2D eigenvalue weighted by Gasteiger charge is -2.34. The van der Waals surface area contributed by atoms with Gasteiger partial charge in [0.2, 0.25) is 6.79 Å². The summed E-state index contributed by atoms with van der Waals surface area (Å²) in [6.07, 6.45) is 1.62. The van der Waals surface area contributed by atoms with Crippen LogP contribution in [-0.4, -0.2) is 79.1 Å². The van der Waals surface area contributed by atoms with Gasteiger partial charge in [-0.3, -0.25) is 9.69 Å². The number of amides is 1. The van der Waals surface area contributed by atoms with Crippen LogP contribution in [0.25, 0.3) is 0 Å². The molecule has 0 aliphatic carbocycles. The number of hydrogen-bond acceptors (Lipinski definition) is 8. The molecule has 6 rings (SSSR count). The predicted molar refractivity (Wildman–Crippen MR) is 172 cm³/mol. The van der Waals surface area contributed by atoms with Gasteiger partial charge in [-0.05, 0) is 80.8 Å². The van der Waals surface area contributed by atoms with E-state index in [1.807, 2.05) is 30.9 Å². The topological polar surface area (TPSA) is 107 Å². The number of carbonyl (C=O) groups excluding carboxylic acids is 1. The normalized spacial score (nSPS) is 16.2. The Labute approximate surface area is 274 Å². The van der Waals surface area contributed by atoms with Crippen LogP contribution >= 0.6 is 24.0 Å². The molecule has 3 aromatic carbocycles. The molecule has 3 aliphatic rings. The van der Waals surface area contributed by atoms with Crippen molar-refractivity contribution < 1.29 is 38.4 Å². The molecule has 1 amide bonds. The first-order chi connectivity index (χ1) is 21.1. The highest BCUT2D eigenvalue weighted by Crippen LogP contribution is 2.40. The van der Waals surface area contributed by atoms with Crippen LogP contribution in [0.15, 0.2) is 54.6 Å². The molecular formula is C33H38Cl2N2O8. The largest absolute Gasteiger partial charge is 0.495 e. The van der Waals surface area contributed by atoms with E-state index in [-0.39, 0.29) is 42.9 Å². The second-order valence-corrected chi connectivity index (χ2v) is 11.8. The Balaban J connectivity index is 0.000000222. The van der Waals surface area contributed by atoms with Gasteiger partial charge in [0, 0.05) is 43.3 Å². The number of carbonyl (C=O) groups is 2. The molecule has 12 heteroatoms. The van der Waals surface area contributed by atoms with Crippen molar-refractivity contribution in [2.75, 3.05) is 46.7 Å². The van der Waals surface area contributed by atoms with Crippen LogP contribution in [0, 0.1) is 0 Å². The molecule has 0 spiro atoms. The Morgan fingerprint density at radius 2 is 1.64 bits per heavy atom. The molecule has 3 aliphatic heterocycles. The van der Waals surface area contributed by atoms with Crippen molar-refractivity contribution >= 4 is 35.9 Å². The molecule has 45 heavy (non-hydrogen) atoms. The smallest absolute Gasteiger partial charge is 0.339 e. The zero-order valence-electron chi connectivity index (χ0n) is 25.5. The van der Waals surface area contributed by atoms with E-state index in [9.17, 15) is 9.59 Å². The fourth-order valence-electron chi connectivity index (χ4n) is 5.34. The van der Waals surface area contributed by atoms with Gasteiger partial charge in [-0.1, -0.05) is 17.7 Å². The van der Waals surface area contributed by atoms with E-state index in [4.69, 9.17) is 40.4 Å². The monoisotopic (exact) mass is 660 g/mol. The van der Waals surface area contributed by atoms with Crippen LogP contribution in [0.2, 0.25) is 5.02 Å². The Kier molecular flexibility index (Phi) is 11.3. The highest BCUT2D eigenvalue weighted by atomic mass is 35.5. The van der Waals surface area contributed by atoms with E-state index < -0.39 is 5.97 Å². The Morgan fingerprint density at radius 1 is 0.956 bits per heavy atom. The number of nitrogens with zero attached hydrogens (tertiary/aromatic N) is 2.